The first-order chi connectivity index (χ1) is 21.6. The molecule has 12 heteroatoms. The topological polar surface area (TPSA) is 98.9 Å². The summed E-state index contributed by atoms with van der Waals surface area (Å²) in [4.78, 5) is 4.89. The van der Waals surface area contributed by atoms with Crippen LogP contribution in [0.25, 0.3) is 21.5 Å². The molecule has 3 aliphatic carbocycles. The van der Waals surface area contributed by atoms with E-state index in [4.69, 9.17) is 19.0 Å². The molecule has 0 saturated heterocycles. The lowest BCUT2D eigenvalue weighted by Gasteiger charge is -2.35. The Morgan fingerprint density at radius 1 is 1.07 bits per heavy atom. The second-order valence-electron chi connectivity index (χ2n) is 12.6. The zero-order valence-corrected chi connectivity index (χ0v) is 25.9. The molecule has 2 N–H and O–H groups in total. The predicted octanol–water partition coefficient (Wildman–Crippen LogP) is 8.19. The van der Waals surface area contributed by atoms with Gasteiger partial charge in [-0.3, -0.25) is 0 Å². The molecule has 3 aliphatic rings. The molecule has 240 valence electrons. The lowest BCUT2D eigenvalue weighted by atomic mass is 9.82. The quantitative estimate of drug-likeness (QED) is 0.169. The molecule has 7 rings (SSSR count). The van der Waals surface area contributed by atoms with Crippen LogP contribution in [0.4, 0.5) is 18.3 Å². The molecule has 0 amide bonds. The highest BCUT2D eigenvalue weighted by Gasteiger charge is 2.44. The van der Waals surface area contributed by atoms with E-state index >= 15 is 0 Å². The van der Waals surface area contributed by atoms with Crippen LogP contribution in [0, 0.1) is 11.8 Å². The minimum atomic E-state index is -4.82. The van der Waals surface area contributed by atoms with E-state index in [0.29, 0.717) is 34.6 Å². The molecule has 8 nitrogen and oxygen atoms in total. The molecule has 2 unspecified atom stereocenters. The van der Waals surface area contributed by atoms with Crippen molar-refractivity contribution >= 4 is 26.7 Å². The number of para-hydroxylation sites is 1. The van der Waals surface area contributed by atoms with Crippen LogP contribution < -0.4 is 14.8 Å². The number of hydrogen-bond donors (Lipinski definition) is 2. The zero-order valence-electron chi connectivity index (χ0n) is 25.1. The molecule has 3 fully saturated rings. The maximum absolute atomic E-state index is 13.2. The van der Waals surface area contributed by atoms with E-state index in [0.717, 1.165) is 59.4 Å². The average Bonchev–Trinajstić information content (AvgIpc) is 3.55. The van der Waals surface area contributed by atoms with Crippen molar-refractivity contribution in [3.05, 3.63) is 53.3 Å². The third kappa shape index (κ3) is 6.50. The summed E-state index contributed by atoms with van der Waals surface area (Å²) in [5, 5.41) is 18.5. The summed E-state index contributed by atoms with van der Waals surface area (Å²) in [7, 11) is 0. The first-order valence-electron chi connectivity index (χ1n) is 15.6. The van der Waals surface area contributed by atoms with Crippen LogP contribution in [0.1, 0.15) is 75.2 Å². The number of nitrogens with zero attached hydrogens (tertiary/aromatic N) is 2. The second-order valence-corrected chi connectivity index (χ2v) is 13.7. The fourth-order valence-electron chi connectivity index (χ4n) is 6.95. The maximum Gasteiger partial charge on any atom is 0.573 e. The van der Waals surface area contributed by atoms with E-state index in [9.17, 15) is 18.3 Å². The number of nitrogens with one attached hydrogen (secondary N) is 1. The number of aliphatic hydroxyl groups is 1. The van der Waals surface area contributed by atoms with Gasteiger partial charge in [0.2, 0.25) is 0 Å². The number of fused-ring (bicyclic) bond motifs is 3. The largest absolute Gasteiger partial charge is 0.573 e. The Morgan fingerprint density at radius 2 is 1.82 bits per heavy atom. The summed E-state index contributed by atoms with van der Waals surface area (Å²) in [5.74, 6) is 2.10. The van der Waals surface area contributed by atoms with E-state index in [2.05, 4.69) is 15.2 Å². The van der Waals surface area contributed by atoms with Gasteiger partial charge in [-0.2, -0.15) is 0 Å². The highest BCUT2D eigenvalue weighted by atomic mass is 32.1. The number of benzene rings is 2. The van der Waals surface area contributed by atoms with Gasteiger partial charge in [0.25, 0.3) is 0 Å². The second kappa shape index (κ2) is 12.1. The number of anilines is 1. The zero-order chi connectivity index (χ0) is 31.3. The monoisotopic (exact) mass is 643 g/mol. The van der Waals surface area contributed by atoms with Gasteiger partial charge in [0.05, 0.1) is 30.1 Å². The lowest BCUT2D eigenvalue weighted by Crippen LogP contribution is -2.39. The highest BCUT2D eigenvalue weighted by molar-refractivity contribution is 7.22. The van der Waals surface area contributed by atoms with Crippen LogP contribution in [-0.2, 0) is 18.0 Å². The summed E-state index contributed by atoms with van der Waals surface area (Å²) in [6, 6.07) is 10.1. The van der Waals surface area contributed by atoms with Crippen LogP contribution in [0.3, 0.4) is 0 Å². The van der Waals surface area contributed by atoms with E-state index < -0.39 is 6.36 Å². The number of hydrogen-bond acceptors (Lipinski definition) is 9. The highest BCUT2D eigenvalue weighted by Crippen LogP contribution is 2.48. The van der Waals surface area contributed by atoms with Gasteiger partial charge >= 0.3 is 6.36 Å². The molecule has 2 heterocycles. The minimum Gasteiger partial charge on any atom is -0.489 e. The molecule has 2 aromatic heterocycles. The van der Waals surface area contributed by atoms with Gasteiger partial charge in [0.1, 0.15) is 28.5 Å². The molecular formula is C33H36F3N3O5S. The maximum atomic E-state index is 13.2. The normalized spacial score (nSPS) is 23.2. The van der Waals surface area contributed by atoms with Crippen molar-refractivity contribution in [3.8, 4) is 22.8 Å². The van der Waals surface area contributed by atoms with E-state index in [1.807, 2.05) is 26.0 Å². The van der Waals surface area contributed by atoms with Gasteiger partial charge in [-0.25, -0.2) is 4.98 Å². The Hall–Kier alpha value is -3.35. The Kier molecular flexibility index (Phi) is 8.16. The van der Waals surface area contributed by atoms with Gasteiger partial charge in [0.15, 0.2) is 5.13 Å². The van der Waals surface area contributed by atoms with Crippen LogP contribution in [-0.4, -0.2) is 39.9 Å². The number of alkyl halides is 3. The van der Waals surface area contributed by atoms with Crippen molar-refractivity contribution in [2.45, 2.75) is 96.1 Å². The fraction of sp³-hybridized carbons (Fsp3) is 0.515. The Balaban J connectivity index is 1.06. The van der Waals surface area contributed by atoms with Crippen molar-refractivity contribution in [3.63, 3.8) is 0 Å². The summed E-state index contributed by atoms with van der Waals surface area (Å²) >= 11 is 1.57. The predicted molar refractivity (Wildman–Crippen MR) is 163 cm³/mol. The van der Waals surface area contributed by atoms with Gasteiger partial charge in [-0.05, 0) is 94.0 Å². The number of rotatable bonds is 11. The molecule has 2 atom stereocenters. The summed E-state index contributed by atoms with van der Waals surface area (Å²) in [6.45, 7) is 4.10. The molecule has 0 radical (unpaired) electrons. The fourth-order valence-corrected chi connectivity index (χ4v) is 7.95. The van der Waals surface area contributed by atoms with Gasteiger partial charge < -0.3 is 29.2 Å². The number of thiazole rings is 1. The third-order valence-electron chi connectivity index (χ3n) is 9.01. The van der Waals surface area contributed by atoms with Crippen molar-refractivity contribution in [2.24, 2.45) is 11.8 Å². The molecule has 2 bridgehead atoms. The minimum absolute atomic E-state index is 0.0106. The van der Waals surface area contributed by atoms with Crippen molar-refractivity contribution in [1.29, 1.82) is 0 Å². The van der Waals surface area contributed by atoms with Crippen molar-refractivity contribution in [1.82, 2.24) is 10.1 Å². The van der Waals surface area contributed by atoms with Crippen LogP contribution in [0.5, 0.6) is 11.5 Å². The summed E-state index contributed by atoms with van der Waals surface area (Å²) in [6.07, 6.45) is 1.05. The smallest absolute Gasteiger partial charge is 0.489 e. The Morgan fingerprint density at radius 3 is 2.51 bits per heavy atom. The Labute approximate surface area is 262 Å². The molecule has 2 aromatic carbocycles. The summed E-state index contributed by atoms with van der Waals surface area (Å²) in [5.41, 5.74) is 2.88. The lowest BCUT2D eigenvalue weighted by molar-refractivity contribution is -0.274. The number of aliphatic hydroxyl groups excluding tert-OH is 1. The van der Waals surface area contributed by atoms with E-state index in [1.165, 1.54) is 12.1 Å². The van der Waals surface area contributed by atoms with Crippen molar-refractivity contribution in [2.75, 3.05) is 5.32 Å². The number of aromatic nitrogens is 2. The van der Waals surface area contributed by atoms with Crippen LogP contribution in [0.15, 0.2) is 40.9 Å². The van der Waals surface area contributed by atoms with Gasteiger partial charge in [-0.1, -0.05) is 28.6 Å². The molecular weight excluding hydrogens is 607 g/mol. The van der Waals surface area contributed by atoms with Crippen LogP contribution in [0.2, 0.25) is 0 Å². The number of halogens is 3. The average molecular weight is 644 g/mol. The van der Waals surface area contributed by atoms with Crippen LogP contribution >= 0.6 is 11.3 Å². The third-order valence-corrected chi connectivity index (χ3v) is 9.94. The van der Waals surface area contributed by atoms with Gasteiger partial charge in [0, 0.05) is 23.1 Å². The van der Waals surface area contributed by atoms with Crippen molar-refractivity contribution < 1.29 is 37.0 Å². The molecule has 4 aromatic rings. The first kappa shape index (κ1) is 30.3. The molecule has 0 spiro atoms. The van der Waals surface area contributed by atoms with E-state index in [1.54, 1.807) is 23.5 Å². The molecule has 0 aliphatic heterocycles. The SMILES string of the molecule is CC(C)Oc1cc(CO)cc2sc(NC3C4CCC3CC(OCc3c(-c5ccccc5OC(F)(F)F)noc3C3CC3)C4)nc12. The first-order valence-corrected chi connectivity index (χ1v) is 16.4. The summed E-state index contributed by atoms with van der Waals surface area (Å²) < 4.78 is 63.0. The molecule has 3 saturated carbocycles. The van der Waals surface area contributed by atoms with Gasteiger partial charge in [-0.15, -0.1) is 13.2 Å². The standard InChI is InChI=1S/C33H36F3N3O5S/c1-17(2)42-26-11-18(15-40)12-27-30(26)38-32(45-27)37-28-20-9-10-21(28)14-22(13-20)41-16-24-29(39-44-31(24)19-7-8-19)23-5-3-4-6-25(23)43-33(34,35)36/h3-6,11-12,17,19-22,28,40H,7-10,13-16H2,1-2H3,(H,37,38). The van der Waals surface area contributed by atoms with E-state index in [-0.39, 0.29) is 48.7 Å². The number of ether oxygens (including phenoxy) is 3. The molecule has 45 heavy (non-hydrogen) atoms. The Bertz CT molecular complexity index is 1650.